The summed E-state index contributed by atoms with van der Waals surface area (Å²) in [6, 6.07) is 0.340. The number of anilines is 1. The molecule has 0 radical (unpaired) electrons. The number of aromatic nitrogens is 2. The van der Waals surface area contributed by atoms with Crippen LogP contribution in [0.2, 0.25) is 0 Å². The quantitative estimate of drug-likeness (QED) is 0.770. The summed E-state index contributed by atoms with van der Waals surface area (Å²) >= 11 is 5.17. The van der Waals surface area contributed by atoms with Gasteiger partial charge in [-0.15, -0.1) is 0 Å². The van der Waals surface area contributed by atoms with Crippen LogP contribution in [0.1, 0.15) is 26.5 Å². The Morgan fingerprint density at radius 2 is 2.27 bits per heavy atom. The van der Waals surface area contributed by atoms with Crippen LogP contribution in [0.4, 0.5) is 5.69 Å². The van der Waals surface area contributed by atoms with Crippen LogP contribution in [0.5, 0.6) is 0 Å². The molecular weight excluding hydrogens is 208 g/mol. The van der Waals surface area contributed by atoms with Gasteiger partial charge in [-0.25, -0.2) is 0 Å². The van der Waals surface area contributed by atoms with E-state index >= 15 is 0 Å². The van der Waals surface area contributed by atoms with E-state index in [1.165, 1.54) is 0 Å². The standard InChI is InChI=1S/C10H18N4S/c1-5-8-9(6-14(4)13-8)12-10(15)11-7(2)3/h6-7H,5H2,1-4H3,(H2,11,12,15). The summed E-state index contributed by atoms with van der Waals surface area (Å²) in [4.78, 5) is 0. The van der Waals surface area contributed by atoms with Crippen molar-refractivity contribution in [1.29, 1.82) is 0 Å². The minimum Gasteiger partial charge on any atom is -0.360 e. The van der Waals surface area contributed by atoms with Crippen LogP contribution in [0.3, 0.4) is 0 Å². The van der Waals surface area contributed by atoms with E-state index in [0.29, 0.717) is 11.2 Å². The molecule has 15 heavy (non-hydrogen) atoms. The second-order valence-corrected chi connectivity index (χ2v) is 4.18. The van der Waals surface area contributed by atoms with Crippen LogP contribution < -0.4 is 10.6 Å². The van der Waals surface area contributed by atoms with Crippen molar-refractivity contribution in [2.45, 2.75) is 33.2 Å². The van der Waals surface area contributed by atoms with Crippen molar-refractivity contribution < 1.29 is 0 Å². The topological polar surface area (TPSA) is 41.9 Å². The predicted molar refractivity (Wildman–Crippen MR) is 67.1 cm³/mol. The Morgan fingerprint density at radius 1 is 1.60 bits per heavy atom. The van der Waals surface area contributed by atoms with Crippen molar-refractivity contribution in [2.75, 3.05) is 5.32 Å². The zero-order chi connectivity index (χ0) is 11.4. The van der Waals surface area contributed by atoms with Crippen LogP contribution in [0.25, 0.3) is 0 Å². The number of hydrogen-bond acceptors (Lipinski definition) is 2. The molecule has 1 aromatic heterocycles. The number of thiocarbonyl (C=S) groups is 1. The van der Waals surface area contributed by atoms with E-state index in [-0.39, 0.29) is 0 Å². The van der Waals surface area contributed by atoms with Crippen molar-refractivity contribution in [3.8, 4) is 0 Å². The first kappa shape index (κ1) is 12.0. The SMILES string of the molecule is CCc1nn(C)cc1NC(=S)NC(C)C. The molecule has 0 aliphatic heterocycles. The van der Waals surface area contributed by atoms with E-state index < -0.39 is 0 Å². The third-order valence-electron chi connectivity index (χ3n) is 1.91. The van der Waals surface area contributed by atoms with Gasteiger partial charge in [0.15, 0.2) is 5.11 Å². The van der Waals surface area contributed by atoms with Gasteiger partial charge in [-0.2, -0.15) is 5.10 Å². The minimum absolute atomic E-state index is 0.340. The normalized spacial score (nSPS) is 10.5. The second kappa shape index (κ2) is 5.11. The van der Waals surface area contributed by atoms with E-state index in [4.69, 9.17) is 12.2 Å². The summed E-state index contributed by atoms with van der Waals surface area (Å²) in [5.74, 6) is 0. The van der Waals surface area contributed by atoms with Crippen molar-refractivity contribution in [3.05, 3.63) is 11.9 Å². The second-order valence-electron chi connectivity index (χ2n) is 3.77. The first-order chi connectivity index (χ1) is 7.02. The maximum atomic E-state index is 5.17. The van der Waals surface area contributed by atoms with Gasteiger partial charge < -0.3 is 10.6 Å². The summed E-state index contributed by atoms with van der Waals surface area (Å²) in [6.45, 7) is 6.18. The molecule has 5 heteroatoms. The molecular formula is C10H18N4S. The lowest BCUT2D eigenvalue weighted by atomic mass is 10.3. The highest BCUT2D eigenvalue weighted by atomic mass is 32.1. The smallest absolute Gasteiger partial charge is 0.171 e. The molecule has 0 saturated heterocycles. The van der Waals surface area contributed by atoms with Crippen molar-refractivity contribution in [2.24, 2.45) is 7.05 Å². The zero-order valence-corrected chi connectivity index (χ0v) is 10.5. The van der Waals surface area contributed by atoms with Crippen molar-refractivity contribution in [1.82, 2.24) is 15.1 Å². The molecule has 0 aliphatic rings. The van der Waals surface area contributed by atoms with Crippen LogP contribution >= 0.6 is 12.2 Å². The molecule has 0 aliphatic carbocycles. The molecule has 84 valence electrons. The highest BCUT2D eigenvalue weighted by Crippen LogP contribution is 2.13. The van der Waals surface area contributed by atoms with Gasteiger partial charge in [0.1, 0.15) is 0 Å². The maximum absolute atomic E-state index is 5.17. The maximum Gasteiger partial charge on any atom is 0.171 e. The Kier molecular flexibility index (Phi) is 4.08. The highest BCUT2D eigenvalue weighted by molar-refractivity contribution is 7.80. The molecule has 0 spiro atoms. The van der Waals surface area contributed by atoms with Crippen molar-refractivity contribution >= 4 is 23.0 Å². The molecule has 0 unspecified atom stereocenters. The lowest BCUT2D eigenvalue weighted by Gasteiger charge is -2.12. The van der Waals surface area contributed by atoms with Gasteiger partial charge in [0, 0.05) is 19.3 Å². The first-order valence-corrected chi connectivity index (χ1v) is 5.53. The summed E-state index contributed by atoms with van der Waals surface area (Å²) < 4.78 is 1.79. The third-order valence-corrected chi connectivity index (χ3v) is 2.13. The molecule has 1 heterocycles. The van der Waals surface area contributed by atoms with Crippen LogP contribution in [0.15, 0.2) is 6.20 Å². The Hall–Kier alpha value is -1.10. The number of rotatable bonds is 3. The Labute approximate surface area is 96.1 Å². The summed E-state index contributed by atoms with van der Waals surface area (Å²) in [5, 5.41) is 11.3. The molecule has 1 aromatic rings. The fraction of sp³-hybridized carbons (Fsp3) is 0.600. The van der Waals surface area contributed by atoms with E-state index in [1.807, 2.05) is 13.2 Å². The Bertz CT molecular complexity index is 343. The zero-order valence-electron chi connectivity index (χ0n) is 9.66. The molecule has 0 aromatic carbocycles. The van der Waals surface area contributed by atoms with Crippen LogP contribution in [-0.4, -0.2) is 20.9 Å². The number of nitrogens with one attached hydrogen (secondary N) is 2. The van der Waals surface area contributed by atoms with Gasteiger partial charge >= 0.3 is 0 Å². The van der Waals surface area contributed by atoms with E-state index in [9.17, 15) is 0 Å². The monoisotopic (exact) mass is 226 g/mol. The summed E-state index contributed by atoms with van der Waals surface area (Å²) in [5.41, 5.74) is 2.02. The highest BCUT2D eigenvalue weighted by Gasteiger charge is 2.07. The van der Waals surface area contributed by atoms with Gasteiger partial charge in [0.2, 0.25) is 0 Å². The first-order valence-electron chi connectivity index (χ1n) is 5.13. The van der Waals surface area contributed by atoms with Crippen LogP contribution in [-0.2, 0) is 13.5 Å². The van der Waals surface area contributed by atoms with E-state index in [0.717, 1.165) is 17.8 Å². The van der Waals surface area contributed by atoms with E-state index in [2.05, 4.69) is 36.5 Å². The molecule has 0 amide bonds. The largest absolute Gasteiger partial charge is 0.360 e. The van der Waals surface area contributed by atoms with Crippen LogP contribution in [0, 0.1) is 0 Å². The van der Waals surface area contributed by atoms with Gasteiger partial charge in [-0.3, -0.25) is 4.68 Å². The fourth-order valence-corrected chi connectivity index (χ4v) is 1.67. The molecule has 2 N–H and O–H groups in total. The number of nitrogens with zero attached hydrogens (tertiary/aromatic N) is 2. The van der Waals surface area contributed by atoms with Gasteiger partial charge in [-0.05, 0) is 32.5 Å². The lowest BCUT2D eigenvalue weighted by molar-refractivity contribution is 0.739. The lowest BCUT2D eigenvalue weighted by Crippen LogP contribution is -2.34. The Morgan fingerprint density at radius 3 is 2.80 bits per heavy atom. The van der Waals surface area contributed by atoms with Gasteiger partial charge in [0.25, 0.3) is 0 Å². The van der Waals surface area contributed by atoms with Gasteiger partial charge in [-0.1, -0.05) is 6.92 Å². The molecule has 0 fully saturated rings. The fourth-order valence-electron chi connectivity index (χ4n) is 1.32. The average molecular weight is 226 g/mol. The predicted octanol–water partition coefficient (Wildman–Crippen LogP) is 1.68. The number of hydrogen-bond donors (Lipinski definition) is 2. The van der Waals surface area contributed by atoms with Gasteiger partial charge in [0.05, 0.1) is 11.4 Å². The molecule has 4 nitrogen and oxygen atoms in total. The summed E-state index contributed by atoms with van der Waals surface area (Å²) in [7, 11) is 1.91. The number of aryl methyl sites for hydroxylation is 2. The molecule has 0 saturated carbocycles. The molecule has 0 bridgehead atoms. The molecule has 1 rings (SSSR count). The average Bonchev–Trinajstić information content (AvgIpc) is 2.44. The molecule has 0 atom stereocenters. The Balaban J connectivity index is 2.67. The summed E-state index contributed by atoms with van der Waals surface area (Å²) in [6.07, 6.45) is 2.83. The third kappa shape index (κ3) is 3.51. The van der Waals surface area contributed by atoms with Crippen molar-refractivity contribution in [3.63, 3.8) is 0 Å². The van der Waals surface area contributed by atoms with E-state index in [1.54, 1.807) is 4.68 Å². The minimum atomic E-state index is 0.340.